The van der Waals surface area contributed by atoms with E-state index >= 15 is 0 Å². The van der Waals surface area contributed by atoms with Crippen molar-refractivity contribution >= 4 is 22.0 Å². The van der Waals surface area contributed by atoms with Crippen LogP contribution in [0.5, 0.6) is 5.75 Å². The summed E-state index contributed by atoms with van der Waals surface area (Å²) in [6.07, 6.45) is 6.35. The highest BCUT2D eigenvalue weighted by atomic mass is 79.9. The smallest absolute Gasteiger partial charge is 0.175 e. The second-order valence-corrected chi connectivity index (χ2v) is 7.72. The van der Waals surface area contributed by atoms with Crippen LogP contribution >= 0.6 is 15.9 Å². The van der Waals surface area contributed by atoms with Crippen molar-refractivity contribution in [2.45, 2.75) is 51.1 Å². The van der Waals surface area contributed by atoms with Gasteiger partial charge in [-0.25, -0.2) is 0 Å². The molecular formula is C18H24BrNO. The number of hydrogen-bond donors (Lipinski definition) is 0. The molecule has 0 amide bonds. The summed E-state index contributed by atoms with van der Waals surface area (Å²) in [6.45, 7) is 8.81. The van der Waals surface area contributed by atoms with Crippen LogP contribution in [0.2, 0.25) is 0 Å². The first-order valence-corrected chi connectivity index (χ1v) is 8.85. The van der Waals surface area contributed by atoms with Gasteiger partial charge in [0.2, 0.25) is 0 Å². The lowest BCUT2D eigenvalue weighted by Gasteiger charge is -2.38. The average Bonchev–Trinajstić information content (AvgIpc) is 2.46. The number of piperidine rings is 1. The van der Waals surface area contributed by atoms with Crippen LogP contribution < -0.4 is 4.74 Å². The molecule has 2 heterocycles. The van der Waals surface area contributed by atoms with Gasteiger partial charge in [-0.05, 0) is 56.9 Å². The van der Waals surface area contributed by atoms with Crippen LogP contribution in [0.15, 0.2) is 17.7 Å². The Morgan fingerprint density at radius 1 is 1.19 bits per heavy atom. The lowest BCUT2D eigenvalue weighted by atomic mass is 9.98. The van der Waals surface area contributed by atoms with Crippen molar-refractivity contribution in [3.05, 3.63) is 34.4 Å². The summed E-state index contributed by atoms with van der Waals surface area (Å²) in [7, 11) is 0. The van der Waals surface area contributed by atoms with Gasteiger partial charge in [-0.15, -0.1) is 0 Å². The van der Waals surface area contributed by atoms with Crippen molar-refractivity contribution in [3.8, 4) is 5.75 Å². The number of ether oxygens (including phenoxy) is 1. The largest absolute Gasteiger partial charge is 0.470 e. The Balaban J connectivity index is 1.97. The number of hydrogen-bond acceptors (Lipinski definition) is 2. The number of fused-ring (bicyclic) bond motifs is 1. The van der Waals surface area contributed by atoms with E-state index in [1.54, 1.807) is 0 Å². The Morgan fingerprint density at radius 3 is 2.57 bits per heavy atom. The fourth-order valence-corrected chi connectivity index (χ4v) is 3.75. The number of halogens is 1. The topological polar surface area (TPSA) is 12.5 Å². The monoisotopic (exact) mass is 349 g/mol. The fraction of sp³-hybridized carbons (Fsp3) is 0.556. The average molecular weight is 350 g/mol. The van der Waals surface area contributed by atoms with Gasteiger partial charge in [0.1, 0.15) is 5.75 Å². The lowest BCUT2D eigenvalue weighted by Crippen LogP contribution is -2.44. The van der Waals surface area contributed by atoms with Crippen LogP contribution in [0.1, 0.15) is 54.6 Å². The fourth-order valence-electron chi connectivity index (χ4n) is 3.41. The Kier molecular flexibility index (Phi) is 4.41. The van der Waals surface area contributed by atoms with E-state index in [0.717, 1.165) is 18.8 Å². The molecule has 1 aromatic rings. The van der Waals surface area contributed by atoms with E-state index in [1.807, 2.05) is 0 Å². The van der Waals surface area contributed by atoms with E-state index in [0.29, 0.717) is 4.83 Å². The molecule has 0 aliphatic carbocycles. The predicted molar refractivity (Wildman–Crippen MR) is 92.0 cm³/mol. The summed E-state index contributed by atoms with van der Waals surface area (Å²) >= 11 is 3.71. The molecule has 0 spiro atoms. The van der Waals surface area contributed by atoms with Gasteiger partial charge in [-0.2, -0.15) is 0 Å². The maximum atomic E-state index is 6.46. The number of aryl methyl sites for hydroxylation is 1. The summed E-state index contributed by atoms with van der Waals surface area (Å²) in [4.78, 5) is 2.79. The Bertz CT molecular complexity index is 559. The molecule has 114 valence electrons. The minimum atomic E-state index is 0.116. The third-order valence-corrected chi connectivity index (χ3v) is 4.94. The first kappa shape index (κ1) is 15.1. The zero-order chi connectivity index (χ0) is 15.0. The molecule has 0 saturated carbocycles. The summed E-state index contributed by atoms with van der Waals surface area (Å²) < 4.78 is 6.46. The SMILES string of the molecule is CC1=Cc2cc(C)cc(C(C)Br)c2OC1N1CCCCC1. The molecule has 1 saturated heterocycles. The molecule has 2 nitrogen and oxygen atoms in total. The zero-order valence-electron chi connectivity index (χ0n) is 13.2. The van der Waals surface area contributed by atoms with Gasteiger partial charge in [0, 0.05) is 29.0 Å². The van der Waals surface area contributed by atoms with Crippen molar-refractivity contribution in [3.63, 3.8) is 0 Å². The number of nitrogens with zero attached hydrogens (tertiary/aromatic N) is 1. The molecule has 1 fully saturated rings. The molecule has 2 aliphatic heterocycles. The highest BCUT2D eigenvalue weighted by molar-refractivity contribution is 9.09. The molecule has 3 rings (SSSR count). The number of likely N-dealkylation sites (tertiary alicyclic amines) is 1. The summed E-state index contributed by atoms with van der Waals surface area (Å²) in [5.74, 6) is 1.06. The van der Waals surface area contributed by atoms with Gasteiger partial charge >= 0.3 is 0 Å². The third kappa shape index (κ3) is 3.04. The van der Waals surface area contributed by atoms with Crippen LogP contribution in [0.4, 0.5) is 0 Å². The first-order valence-electron chi connectivity index (χ1n) is 7.94. The summed E-state index contributed by atoms with van der Waals surface area (Å²) in [5.41, 5.74) is 5.10. The van der Waals surface area contributed by atoms with Crippen LogP contribution in [-0.2, 0) is 0 Å². The maximum absolute atomic E-state index is 6.46. The van der Waals surface area contributed by atoms with E-state index in [4.69, 9.17) is 4.74 Å². The quantitative estimate of drug-likeness (QED) is 0.692. The molecule has 3 heteroatoms. The highest BCUT2D eigenvalue weighted by Crippen LogP contribution is 2.40. The molecule has 0 aromatic heterocycles. The van der Waals surface area contributed by atoms with E-state index in [-0.39, 0.29) is 6.23 Å². The van der Waals surface area contributed by atoms with Crippen molar-refractivity contribution < 1.29 is 4.74 Å². The Morgan fingerprint density at radius 2 is 1.90 bits per heavy atom. The second-order valence-electron chi connectivity index (χ2n) is 6.34. The van der Waals surface area contributed by atoms with Gasteiger partial charge in [0.05, 0.1) is 0 Å². The molecular weight excluding hydrogens is 326 g/mol. The zero-order valence-corrected chi connectivity index (χ0v) is 14.7. The summed E-state index contributed by atoms with van der Waals surface area (Å²) in [5, 5.41) is 0. The molecule has 2 unspecified atom stereocenters. The van der Waals surface area contributed by atoms with Crippen molar-refractivity contribution in [2.75, 3.05) is 13.1 Å². The molecule has 0 radical (unpaired) electrons. The minimum absolute atomic E-state index is 0.116. The Labute approximate surface area is 136 Å². The van der Waals surface area contributed by atoms with E-state index < -0.39 is 0 Å². The van der Waals surface area contributed by atoms with Gasteiger partial charge < -0.3 is 4.74 Å². The van der Waals surface area contributed by atoms with Gasteiger partial charge in [0.15, 0.2) is 6.23 Å². The molecule has 21 heavy (non-hydrogen) atoms. The molecule has 1 aromatic carbocycles. The normalized spacial score (nSPS) is 24.0. The van der Waals surface area contributed by atoms with Crippen LogP contribution in [0, 0.1) is 6.92 Å². The van der Waals surface area contributed by atoms with Gasteiger partial charge in [0.25, 0.3) is 0 Å². The van der Waals surface area contributed by atoms with E-state index in [2.05, 4.69) is 59.8 Å². The first-order chi connectivity index (χ1) is 10.1. The van der Waals surface area contributed by atoms with Crippen molar-refractivity contribution in [1.82, 2.24) is 4.90 Å². The second kappa shape index (κ2) is 6.13. The standard InChI is InChI=1S/C18H24BrNO/c1-12-9-15-11-13(2)18(20-7-5-4-6-8-20)21-17(15)16(10-12)14(3)19/h9-11,14,18H,4-8H2,1-3H3. The third-order valence-electron chi connectivity index (χ3n) is 4.44. The molecule has 0 bridgehead atoms. The summed E-state index contributed by atoms with van der Waals surface area (Å²) in [6, 6.07) is 4.46. The number of alkyl halides is 1. The van der Waals surface area contributed by atoms with Crippen LogP contribution in [-0.4, -0.2) is 24.2 Å². The van der Waals surface area contributed by atoms with Gasteiger partial charge in [-0.1, -0.05) is 28.4 Å². The van der Waals surface area contributed by atoms with Crippen molar-refractivity contribution in [2.24, 2.45) is 0 Å². The molecule has 2 atom stereocenters. The maximum Gasteiger partial charge on any atom is 0.175 e. The molecule has 0 N–H and O–H groups in total. The van der Waals surface area contributed by atoms with Crippen LogP contribution in [0.25, 0.3) is 6.08 Å². The van der Waals surface area contributed by atoms with Crippen molar-refractivity contribution in [1.29, 1.82) is 0 Å². The van der Waals surface area contributed by atoms with Crippen LogP contribution in [0.3, 0.4) is 0 Å². The Hall–Kier alpha value is -0.800. The number of rotatable bonds is 2. The van der Waals surface area contributed by atoms with E-state index in [9.17, 15) is 0 Å². The number of benzene rings is 1. The minimum Gasteiger partial charge on any atom is -0.470 e. The predicted octanol–water partition coefficient (Wildman–Crippen LogP) is 5.06. The van der Waals surface area contributed by atoms with Gasteiger partial charge in [-0.3, -0.25) is 4.90 Å². The lowest BCUT2D eigenvalue weighted by molar-refractivity contribution is 0.0366. The molecule has 2 aliphatic rings. The highest BCUT2D eigenvalue weighted by Gasteiger charge is 2.29. The van der Waals surface area contributed by atoms with E-state index in [1.165, 1.54) is 41.5 Å².